The second-order valence-electron chi connectivity index (χ2n) is 8.39. The van der Waals surface area contributed by atoms with Gasteiger partial charge in [0.1, 0.15) is 5.82 Å². The van der Waals surface area contributed by atoms with E-state index in [1.54, 1.807) is 0 Å². The molecule has 1 aliphatic carbocycles. The molecule has 0 spiro atoms. The van der Waals surface area contributed by atoms with Gasteiger partial charge in [0.2, 0.25) is 5.95 Å². The molecule has 5 rings (SSSR count). The molecule has 0 unspecified atom stereocenters. The molecule has 0 saturated heterocycles. The number of aliphatic hydroxyl groups is 1. The first-order valence-electron chi connectivity index (χ1n) is 11.4. The van der Waals surface area contributed by atoms with Crippen molar-refractivity contribution in [3.05, 3.63) is 85.2 Å². The van der Waals surface area contributed by atoms with E-state index in [0.717, 1.165) is 59.6 Å². The van der Waals surface area contributed by atoms with E-state index in [-0.39, 0.29) is 12.1 Å². The Labute approximate surface area is 193 Å². The fraction of sp³-hybridized carbons (Fsp3) is 0.222. The van der Waals surface area contributed by atoms with Crippen molar-refractivity contribution in [1.82, 2.24) is 15.0 Å². The molecule has 2 heterocycles. The molecule has 166 valence electrons. The molecule has 0 atom stereocenters. The van der Waals surface area contributed by atoms with E-state index >= 15 is 0 Å². The first-order valence-corrected chi connectivity index (χ1v) is 11.4. The minimum atomic E-state index is -0.199. The van der Waals surface area contributed by atoms with Crippen LogP contribution in [0.4, 0.5) is 17.5 Å². The average Bonchev–Trinajstić information content (AvgIpc) is 2.87. The van der Waals surface area contributed by atoms with E-state index in [1.165, 1.54) is 0 Å². The minimum Gasteiger partial charge on any atom is -0.393 e. The molecule has 3 N–H and O–H groups in total. The summed E-state index contributed by atoms with van der Waals surface area (Å²) in [5, 5.41) is 16.8. The van der Waals surface area contributed by atoms with Crippen molar-refractivity contribution in [3.8, 4) is 22.4 Å². The van der Waals surface area contributed by atoms with Gasteiger partial charge in [-0.2, -0.15) is 4.98 Å². The van der Waals surface area contributed by atoms with Crippen LogP contribution in [0, 0.1) is 0 Å². The smallest absolute Gasteiger partial charge is 0.229 e. The normalized spacial score (nSPS) is 18.0. The molecule has 1 aliphatic rings. The Morgan fingerprint density at radius 1 is 0.727 bits per heavy atom. The van der Waals surface area contributed by atoms with Gasteiger partial charge in [0.25, 0.3) is 0 Å². The number of aromatic nitrogens is 3. The Morgan fingerprint density at radius 2 is 1.45 bits per heavy atom. The first kappa shape index (κ1) is 21.1. The molecule has 0 radical (unpaired) electrons. The molecule has 1 saturated carbocycles. The standard InChI is InChI=1S/C27H27N5O/c33-23-14-12-22(13-15-23)30-26-24(18-29-27(32-26)31-21-9-5-2-6-10-21)25-16-11-20(17-28-25)19-7-3-1-4-8-19/h1-11,16-18,22-23,33H,12-15H2,(H2,29,30,31,32). The lowest BCUT2D eigenvalue weighted by Gasteiger charge is -2.27. The van der Waals surface area contributed by atoms with Crippen LogP contribution in [0.15, 0.2) is 85.2 Å². The average molecular weight is 438 g/mol. The minimum absolute atomic E-state index is 0.199. The van der Waals surface area contributed by atoms with Gasteiger partial charge >= 0.3 is 0 Å². The van der Waals surface area contributed by atoms with E-state index in [0.29, 0.717) is 5.95 Å². The van der Waals surface area contributed by atoms with E-state index in [1.807, 2.05) is 67.0 Å². The zero-order valence-electron chi connectivity index (χ0n) is 18.4. The molecular weight excluding hydrogens is 410 g/mol. The van der Waals surface area contributed by atoms with Gasteiger partial charge in [0, 0.05) is 29.7 Å². The molecule has 0 amide bonds. The van der Waals surface area contributed by atoms with Gasteiger partial charge in [0.05, 0.1) is 17.4 Å². The van der Waals surface area contributed by atoms with Crippen LogP contribution in [-0.2, 0) is 0 Å². The Kier molecular flexibility index (Phi) is 6.26. The maximum absolute atomic E-state index is 9.88. The van der Waals surface area contributed by atoms with E-state index < -0.39 is 0 Å². The summed E-state index contributed by atoms with van der Waals surface area (Å²) in [4.78, 5) is 14.1. The summed E-state index contributed by atoms with van der Waals surface area (Å²) >= 11 is 0. The third-order valence-electron chi connectivity index (χ3n) is 6.00. The van der Waals surface area contributed by atoms with E-state index in [4.69, 9.17) is 9.97 Å². The number of para-hydroxylation sites is 1. The maximum Gasteiger partial charge on any atom is 0.229 e. The van der Waals surface area contributed by atoms with E-state index in [9.17, 15) is 5.11 Å². The molecule has 2 aromatic carbocycles. The topological polar surface area (TPSA) is 83.0 Å². The lowest BCUT2D eigenvalue weighted by Crippen LogP contribution is -2.29. The molecular formula is C27H27N5O. The second kappa shape index (κ2) is 9.79. The molecule has 1 fully saturated rings. The number of nitrogens with zero attached hydrogens (tertiary/aromatic N) is 3. The zero-order valence-corrected chi connectivity index (χ0v) is 18.4. The quantitative estimate of drug-likeness (QED) is 0.361. The Morgan fingerprint density at radius 3 is 2.15 bits per heavy atom. The van der Waals surface area contributed by atoms with Crippen LogP contribution in [0.3, 0.4) is 0 Å². The molecule has 0 aliphatic heterocycles. The second-order valence-corrected chi connectivity index (χ2v) is 8.39. The lowest BCUT2D eigenvalue weighted by atomic mass is 9.93. The van der Waals surface area contributed by atoms with Crippen LogP contribution in [-0.4, -0.2) is 32.2 Å². The molecule has 2 aromatic heterocycles. The summed E-state index contributed by atoms with van der Waals surface area (Å²) in [5.74, 6) is 1.29. The fourth-order valence-electron chi connectivity index (χ4n) is 4.16. The zero-order chi connectivity index (χ0) is 22.5. The molecule has 4 aromatic rings. The summed E-state index contributed by atoms with van der Waals surface area (Å²) in [6, 6.07) is 24.5. The SMILES string of the molecule is OC1CCC(Nc2nc(Nc3ccccc3)ncc2-c2ccc(-c3ccccc3)cn2)CC1. The van der Waals surface area contributed by atoms with Crippen molar-refractivity contribution in [2.45, 2.75) is 37.8 Å². The first-order chi connectivity index (χ1) is 16.2. The molecule has 6 nitrogen and oxygen atoms in total. The number of nitrogens with one attached hydrogen (secondary N) is 2. The summed E-state index contributed by atoms with van der Waals surface area (Å²) in [6.45, 7) is 0. The predicted molar refractivity (Wildman–Crippen MR) is 132 cm³/mol. The number of pyridine rings is 1. The van der Waals surface area contributed by atoms with Crippen molar-refractivity contribution >= 4 is 17.5 Å². The highest BCUT2D eigenvalue weighted by atomic mass is 16.3. The van der Waals surface area contributed by atoms with Crippen LogP contribution in [0.25, 0.3) is 22.4 Å². The van der Waals surface area contributed by atoms with E-state index in [2.05, 4.69) is 33.8 Å². The number of hydrogen-bond acceptors (Lipinski definition) is 6. The highest BCUT2D eigenvalue weighted by Crippen LogP contribution is 2.30. The third-order valence-corrected chi connectivity index (χ3v) is 6.00. The summed E-state index contributed by atoms with van der Waals surface area (Å²) in [7, 11) is 0. The molecule has 0 bridgehead atoms. The summed E-state index contributed by atoms with van der Waals surface area (Å²) in [5.41, 5.74) is 4.81. The van der Waals surface area contributed by atoms with Crippen molar-refractivity contribution in [3.63, 3.8) is 0 Å². The number of rotatable bonds is 6. The van der Waals surface area contributed by atoms with Gasteiger partial charge < -0.3 is 15.7 Å². The van der Waals surface area contributed by atoms with Crippen LogP contribution < -0.4 is 10.6 Å². The number of anilines is 3. The van der Waals surface area contributed by atoms with Crippen LogP contribution in [0.1, 0.15) is 25.7 Å². The number of benzene rings is 2. The number of aliphatic hydroxyl groups excluding tert-OH is 1. The largest absolute Gasteiger partial charge is 0.393 e. The molecule has 6 heteroatoms. The van der Waals surface area contributed by atoms with Crippen LogP contribution in [0.5, 0.6) is 0 Å². The fourth-order valence-corrected chi connectivity index (χ4v) is 4.16. The lowest BCUT2D eigenvalue weighted by molar-refractivity contribution is 0.126. The van der Waals surface area contributed by atoms with Gasteiger partial charge in [0.15, 0.2) is 0 Å². The highest BCUT2D eigenvalue weighted by Gasteiger charge is 2.21. The predicted octanol–water partition coefficient (Wildman–Crippen LogP) is 5.66. The van der Waals surface area contributed by atoms with Gasteiger partial charge in [-0.25, -0.2) is 4.98 Å². The van der Waals surface area contributed by atoms with Crippen molar-refractivity contribution in [2.75, 3.05) is 10.6 Å². The van der Waals surface area contributed by atoms with Crippen molar-refractivity contribution in [1.29, 1.82) is 0 Å². The monoisotopic (exact) mass is 437 g/mol. The Bertz CT molecular complexity index is 1170. The van der Waals surface area contributed by atoms with Crippen molar-refractivity contribution in [2.24, 2.45) is 0 Å². The number of hydrogen-bond donors (Lipinski definition) is 3. The third kappa shape index (κ3) is 5.18. The molecule has 33 heavy (non-hydrogen) atoms. The van der Waals surface area contributed by atoms with Crippen molar-refractivity contribution < 1.29 is 5.11 Å². The Balaban J connectivity index is 1.44. The van der Waals surface area contributed by atoms with Crippen LogP contribution in [0.2, 0.25) is 0 Å². The van der Waals surface area contributed by atoms with Gasteiger partial charge in [-0.05, 0) is 49.4 Å². The van der Waals surface area contributed by atoms with Gasteiger partial charge in [-0.15, -0.1) is 0 Å². The Hall–Kier alpha value is -3.77. The maximum atomic E-state index is 9.88. The summed E-state index contributed by atoms with van der Waals surface area (Å²) < 4.78 is 0. The highest BCUT2D eigenvalue weighted by molar-refractivity contribution is 5.75. The van der Waals surface area contributed by atoms with Crippen LogP contribution >= 0.6 is 0 Å². The van der Waals surface area contributed by atoms with Gasteiger partial charge in [-0.1, -0.05) is 54.6 Å². The summed E-state index contributed by atoms with van der Waals surface area (Å²) in [6.07, 6.45) is 6.94. The van der Waals surface area contributed by atoms with Gasteiger partial charge in [-0.3, -0.25) is 4.98 Å².